The van der Waals surface area contributed by atoms with E-state index >= 15 is 0 Å². The zero-order chi connectivity index (χ0) is 39.2. The second-order valence-electron chi connectivity index (χ2n) is 12.8. The Labute approximate surface area is 309 Å². The minimum atomic E-state index is -1.98. The summed E-state index contributed by atoms with van der Waals surface area (Å²) in [6.07, 6.45) is 0.340. The molecule has 3 heterocycles. The molecule has 2 fully saturated rings. The van der Waals surface area contributed by atoms with Crippen LogP contribution in [-0.4, -0.2) is 120 Å². The van der Waals surface area contributed by atoms with Gasteiger partial charge in [0.15, 0.2) is 17.3 Å². The number of rotatable bonds is 7. The van der Waals surface area contributed by atoms with Gasteiger partial charge in [-0.15, -0.1) is 0 Å². The van der Waals surface area contributed by atoms with Crippen molar-refractivity contribution in [3.8, 4) is 28.7 Å². The number of carbonyl (C=O) groups excluding carboxylic acids is 4. The molecule has 2 saturated heterocycles. The van der Waals surface area contributed by atoms with Gasteiger partial charge in [0.2, 0.25) is 5.91 Å². The molecule has 0 saturated carbocycles. The fourth-order valence-electron chi connectivity index (χ4n) is 6.71. The molecule has 0 radical (unpaired) electrons. The maximum absolute atomic E-state index is 14.7. The fourth-order valence-corrected chi connectivity index (χ4v) is 6.96. The monoisotopic (exact) mass is 773 g/mol. The van der Waals surface area contributed by atoms with Gasteiger partial charge in [-0.2, -0.15) is 0 Å². The van der Waals surface area contributed by atoms with Gasteiger partial charge in [-0.25, -0.2) is 28.1 Å². The van der Waals surface area contributed by atoms with Gasteiger partial charge < -0.3 is 55.6 Å². The van der Waals surface area contributed by atoms with E-state index < -0.39 is 100 Å². The molecule has 2 atom stereocenters. The third kappa shape index (κ3) is 7.16. The van der Waals surface area contributed by atoms with E-state index in [9.17, 15) is 63.3 Å². The molecule has 8 N–H and O–H groups in total. The van der Waals surface area contributed by atoms with Crippen LogP contribution in [0.1, 0.15) is 50.7 Å². The van der Waals surface area contributed by atoms with Crippen molar-refractivity contribution < 1.29 is 68.0 Å². The molecule has 0 bridgehead atoms. The molecule has 3 aromatic carbocycles. The molecule has 0 unspecified atom stereocenters. The number of carboxylic acids is 1. The van der Waals surface area contributed by atoms with Crippen molar-refractivity contribution >= 4 is 48.6 Å². The van der Waals surface area contributed by atoms with Gasteiger partial charge >= 0.3 is 25.1 Å². The maximum Gasteiger partial charge on any atom is 0.547 e. The highest BCUT2D eigenvalue weighted by molar-refractivity contribution is 6.47. The first-order valence-corrected chi connectivity index (χ1v) is 16.7. The van der Waals surface area contributed by atoms with E-state index in [0.29, 0.717) is 18.9 Å². The molecule has 0 spiro atoms. The maximum atomic E-state index is 14.7. The van der Waals surface area contributed by atoms with Crippen molar-refractivity contribution in [2.75, 3.05) is 26.2 Å². The van der Waals surface area contributed by atoms with Gasteiger partial charge in [-0.05, 0) is 49.1 Å². The van der Waals surface area contributed by atoms with E-state index in [1.807, 2.05) is 0 Å². The third-order valence-corrected chi connectivity index (χ3v) is 9.81. The van der Waals surface area contributed by atoms with Crippen LogP contribution in [0.25, 0.3) is 0 Å². The van der Waals surface area contributed by atoms with Gasteiger partial charge in [0.05, 0.1) is 11.0 Å². The van der Waals surface area contributed by atoms with E-state index in [1.165, 1.54) is 28.0 Å². The van der Waals surface area contributed by atoms with Crippen molar-refractivity contribution in [1.29, 1.82) is 0 Å². The Balaban J connectivity index is 1.17. The lowest BCUT2D eigenvalue weighted by molar-refractivity contribution is -0.123. The predicted octanol–water partition coefficient (Wildman–Crippen LogP) is 2.07. The number of amides is 6. The van der Waals surface area contributed by atoms with Gasteiger partial charge in [0, 0.05) is 49.4 Å². The molecule has 0 aliphatic carbocycles. The summed E-state index contributed by atoms with van der Waals surface area (Å²) in [4.78, 5) is 69.2. The number of piperidine rings is 1. The van der Waals surface area contributed by atoms with Crippen molar-refractivity contribution in [1.82, 2.24) is 25.3 Å². The average Bonchev–Trinajstić information content (AvgIpc) is 3.51. The van der Waals surface area contributed by atoms with Crippen LogP contribution >= 0.6 is 11.6 Å². The van der Waals surface area contributed by atoms with E-state index in [0.717, 1.165) is 17.0 Å². The van der Waals surface area contributed by atoms with Crippen LogP contribution in [0.2, 0.25) is 5.02 Å². The average molecular weight is 774 g/mol. The molecule has 6 rings (SSSR count). The number of halogens is 3. The normalized spacial score (nSPS) is 17.9. The molecule has 17 nitrogen and oxygen atoms in total. The zero-order valence-electron chi connectivity index (χ0n) is 27.8. The molecule has 0 aromatic heterocycles. The quantitative estimate of drug-likeness (QED) is 0.127. The molecule has 3 aromatic rings. The molecule has 6 amide bonds. The zero-order valence-corrected chi connectivity index (χ0v) is 28.6. The van der Waals surface area contributed by atoms with Crippen molar-refractivity contribution in [2.24, 2.45) is 0 Å². The Morgan fingerprint density at radius 3 is 2.24 bits per heavy atom. The summed E-state index contributed by atoms with van der Waals surface area (Å²) in [5.74, 6) is -10.7. The number of hydrogen-bond donors (Lipinski definition) is 8. The Kier molecular flexibility index (Phi) is 10.3. The number of fused-ring (bicyclic) bond motifs is 1. The van der Waals surface area contributed by atoms with E-state index in [-0.39, 0.29) is 55.2 Å². The molecule has 54 heavy (non-hydrogen) atoms. The summed E-state index contributed by atoms with van der Waals surface area (Å²) in [5, 5.41) is 63.6. The SMILES string of the molecule is O=C(O)c1c(F)ccc2c1OB(O)[C@@H](NC(=O)[C@H](NC(=O)N1CCN(C3CCN(C(=O)c4cc(O)cc(O)c4)CC3)C1=O)c1cc(F)c(O)c(O)c1Cl)C2. The number of phenolic OH excluding ortho intramolecular Hbond substituents is 4. The molecular weight excluding hydrogens is 743 g/mol. The summed E-state index contributed by atoms with van der Waals surface area (Å²) >= 11 is 6.18. The molecular formula is C33H31BClF2N5O12. The molecule has 3 aliphatic rings. The van der Waals surface area contributed by atoms with Crippen LogP contribution in [0.5, 0.6) is 28.7 Å². The Hall–Kier alpha value is -6.02. The topological polar surface area (TPSA) is 250 Å². The van der Waals surface area contributed by atoms with Gasteiger partial charge in [0.25, 0.3) is 5.91 Å². The first-order chi connectivity index (χ1) is 25.5. The lowest BCUT2D eigenvalue weighted by Gasteiger charge is -2.36. The summed E-state index contributed by atoms with van der Waals surface area (Å²) in [5.41, 5.74) is -1.24. The number of phenols is 4. The summed E-state index contributed by atoms with van der Waals surface area (Å²) in [7, 11) is -1.94. The highest BCUT2D eigenvalue weighted by Crippen LogP contribution is 2.41. The number of urea groups is 2. The number of carbonyl (C=O) groups is 5. The first kappa shape index (κ1) is 37.7. The number of nitrogens with one attached hydrogen (secondary N) is 2. The highest BCUT2D eigenvalue weighted by atomic mass is 35.5. The second-order valence-corrected chi connectivity index (χ2v) is 13.2. The lowest BCUT2D eigenvalue weighted by atomic mass is 9.72. The second kappa shape index (κ2) is 14.8. The van der Waals surface area contributed by atoms with Crippen LogP contribution in [-0.2, 0) is 11.2 Å². The molecule has 284 valence electrons. The van der Waals surface area contributed by atoms with E-state index in [2.05, 4.69) is 10.6 Å². The van der Waals surface area contributed by atoms with Crippen LogP contribution < -0.4 is 15.3 Å². The Bertz CT molecular complexity index is 2050. The predicted molar refractivity (Wildman–Crippen MR) is 181 cm³/mol. The van der Waals surface area contributed by atoms with Gasteiger partial charge in [-0.1, -0.05) is 17.7 Å². The Morgan fingerprint density at radius 2 is 1.59 bits per heavy atom. The number of carboxylic acid groups (broad SMARTS) is 1. The number of benzene rings is 3. The number of likely N-dealkylation sites (tertiary alicyclic amines) is 1. The minimum Gasteiger partial charge on any atom is -0.534 e. The van der Waals surface area contributed by atoms with E-state index in [4.69, 9.17) is 16.3 Å². The van der Waals surface area contributed by atoms with Crippen LogP contribution in [0.15, 0.2) is 36.4 Å². The van der Waals surface area contributed by atoms with Crippen molar-refractivity contribution in [3.63, 3.8) is 0 Å². The van der Waals surface area contributed by atoms with Crippen LogP contribution in [0.3, 0.4) is 0 Å². The minimum absolute atomic E-state index is 0.0709. The number of nitrogens with zero attached hydrogens (tertiary/aromatic N) is 3. The summed E-state index contributed by atoms with van der Waals surface area (Å²) in [6, 6.07) is 1.84. The number of imide groups is 1. The summed E-state index contributed by atoms with van der Waals surface area (Å²) in [6.45, 7) is 0.334. The van der Waals surface area contributed by atoms with Crippen molar-refractivity contribution in [3.05, 3.63) is 75.3 Å². The first-order valence-electron chi connectivity index (χ1n) is 16.4. The van der Waals surface area contributed by atoms with Crippen LogP contribution in [0.4, 0.5) is 18.4 Å². The molecule has 3 aliphatic heterocycles. The van der Waals surface area contributed by atoms with Crippen LogP contribution in [0, 0.1) is 11.6 Å². The van der Waals surface area contributed by atoms with Gasteiger partial charge in [0.1, 0.15) is 34.7 Å². The largest absolute Gasteiger partial charge is 0.547 e. The highest BCUT2D eigenvalue weighted by Gasteiger charge is 2.43. The standard InChI is InChI=1S/C33H31BClF2N5O12/c35-24-19(13-21(37)26(45)27(24)46)25(29(47)38-22-11-14-1-2-20(36)23(31(49)50)28(14)54-34(22)53)39-32(51)42-8-7-41(33(42)52)16-3-5-40(6-4-16)30(48)15-9-17(43)12-18(44)10-15/h1-2,9-10,12-13,16,22,25,43-46,53H,3-8,11H2,(H,38,47)(H,39,51)(H,49,50)/t22-,25+/m0/s1. The molecule has 21 heteroatoms. The third-order valence-electron chi connectivity index (χ3n) is 9.42. The number of aromatic hydroxyl groups is 4. The smallest absolute Gasteiger partial charge is 0.534 e. The fraction of sp³-hybridized carbons (Fsp3) is 0.303. The number of aromatic carboxylic acids is 1. The lowest BCUT2D eigenvalue weighted by Crippen LogP contribution is -2.56. The van der Waals surface area contributed by atoms with Crippen molar-refractivity contribution in [2.45, 2.75) is 37.3 Å². The Morgan fingerprint density at radius 1 is 0.926 bits per heavy atom. The summed E-state index contributed by atoms with van der Waals surface area (Å²) < 4.78 is 34.1. The number of hydrogen-bond acceptors (Lipinski definition) is 11. The van der Waals surface area contributed by atoms with Gasteiger partial charge in [-0.3, -0.25) is 9.59 Å². The van der Waals surface area contributed by atoms with E-state index in [1.54, 1.807) is 0 Å².